The molecule has 0 unspecified atom stereocenters. The van der Waals surface area contributed by atoms with Gasteiger partial charge in [0.15, 0.2) is 0 Å². The Morgan fingerprint density at radius 1 is 1.44 bits per heavy atom. The van der Waals surface area contributed by atoms with Crippen LogP contribution in [-0.2, 0) is 5.75 Å². The molecule has 4 nitrogen and oxygen atoms in total. The lowest BCUT2D eigenvalue weighted by molar-refractivity contribution is 0.0953. The molecule has 1 amide bonds. The first-order valence-corrected chi connectivity index (χ1v) is 6.22. The largest absolute Gasteiger partial charge is 0.396 e. The summed E-state index contributed by atoms with van der Waals surface area (Å²) >= 11 is 1.69. The molecule has 16 heavy (non-hydrogen) atoms. The normalized spacial score (nSPS) is 10.1. The zero-order valence-corrected chi connectivity index (χ0v) is 9.80. The van der Waals surface area contributed by atoms with Crippen LogP contribution in [0.15, 0.2) is 24.3 Å². The summed E-state index contributed by atoms with van der Waals surface area (Å²) in [6.45, 7) is 0.206. The summed E-state index contributed by atoms with van der Waals surface area (Å²) in [7, 11) is 0. The second-order valence-corrected chi connectivity index (χ2v) is 4.37. The molecule has 0 fully saturated rings. The van der Waals surface area contributed by atoms with Gasteiger partial charge in [-0.25, -0.2) is 5.84 Å². The highest BCUT2D eigenvalue weighted by Crippen LogP contribution is 2.17. The van der Waals surface area contributed by atoms with E-state index in [2.05, 4.69) is 5.43 Å². The maximum Gasteiger partial charge on any atom is 0.265 e. The van der Waals surface area contributed by atoms with Crippen molar-refractivity contribution in [3.63, 3.8) is 0 Å². The van der Waals surface area contributed by atoms with E-state index in [1.165, 1.54) is 0 Å². The van der Waals surface area contributed by atoms with Crippen molar-refractivity contribution < 1.29 is 9.90 Å². The minimum Gasteiger partial charge on any atom is -0.396 e. The number of carbonyl (C=O) groups is 1. The van der Waals surface area contributed by atoms with Crippen molar-refractivity contribution in [2.24, 2.45) is 5.84 Å². The molecule has 0 heterocycles. The van der Waals surface area contributed by atoms with Gasteiger partial charge in [0.05, 0.1) is 0 Å². The van der Waals surface area contributed by atoms with E-state index in [1.807, 2.05) is 18.2 Å². The topological polar surface area (TPSA) is 75.3 Å². The van der Waals surface area contributed by atoms with Crippen molar-refractivity contribution >= 4 is 17.7 Å². The number of hydrogen-bond donors (Lipinski definition) is 3. The van der Waals surface area contributed by atoms with Crippen LogP contribution in [0.2, 0.25) is 0 Å². The number of rotatable bonds is 6. The van der Waals surface area contributed by atoms with Crippen molar-refractivity contribution in [2.75, 3.05) is 12.4 Å². The smallest absolute Gasteiger partial charge is 0.265 e. The molecule has 1 aromatic carbocycles. The van der Waals surface area contributed by atoms with Crippen LogP contribution in [0.4, 0.5) is 0 Å². The highest BCUT2D eigenvalue weighted by atomic mass is 32.2. The lowest BCUT2D eigenvalue weighted by atomic mass is 10.1. The maximum absolute atomic E-state index is 11.4. The second kappa shape index (κ2) is 7.27. The molecule has 0 aliphatic carbocycles. The number of thioether (sulfide) groups is 1. The van der Waals surface area contributed by atoms with Crippen LogP contribution in [0, 0.1) is 0 Å². The van der Waals surface area contributed by atoms with Crippen LogP contribution in [0.1, 0.15) is 22.3 Å². The molecular weight excluding hydrogens is 224 g/mol. The molecule has 0 saturated heterocycles. The number of hydrazine groups is 1. The first-order chi connectivity index (χ1) is 7.79. The molecule has 1 aromatic rings. The van der Waals surface area contributed by atoms with Gasteiger partial charge < -0.3 is 5.11 Å². The zero-order chi connectivity index (χ0) is 11.8. The second-order valence-electron chi connectivity index (χ2n) is 3.26. The molecular formula is C11H16N2O2S. The third-order valence-corrected chi connectivity index (χ3v) is 3.19. The lowest BCUT2D eigenvalue weighted by Gasteiger charge is -2.07. The minimum absolute atomic E-state index is 0.206. The molecule has 0 bridgehead atoms. The number of hydrogen-bond acceptors (Lipinski definition) is 4. The van der Waals surface area contributed by atoms with E-state index in [4.69, 9.17) is 10.9 Å². The highest BCUT2D eigenvalue weighted by Gasteiger charge is 2.08. The summed E-state index contributed by atoms with van der Waals surface area (Å²) in [5.41, 5.74) is 3.71. The third kappa shape index (κ3) is 3.84. The van der Waals surface area contributed by atoms with E-state index < -0.39 is 0 Å². The number of carbonyl (C=O) groups excluding carboxylic acids is 1. The minimum atomic E-state index is -0.265. The van der Waals surface area contributed by atoms with E-state index in [9.17, 15) is 4.79 Å². The molecule has 4 N–H and O–H groups in total. The van der Waals surface area contributed by atoms with Gasteiger partial charge in [-0.15, -0.1) is 0 Å². The Bertz CT molecular complexity index is 345. The lowest BCUT2D eigenvalue weighted by Crippen LogP contribution is -2.30. The molecule has 0 atom stereocenters. The first kappa shape index (κ1) is 13.0. The van der Waals surface area contributed by atoms with E-state index in [1.54, 1.807) is 17.8 Å². The van der Waals surface area contributed by atoms with Crippen molar-refractivity contribution in [1.82, 2.24) is 5.43 Å². The fourth-order valence-electron chi connectivity index (χ4n) is 1.29. The molecule has 0 aromatic heterocycles. The number of aliphatic hydroxyl groups excluding tert-OH is 1. The number of aliphatic hydroxyl groups is 1. The third-order valence-electron chi connectivity index (χ3n) is 2.10. The summed E-state index contributed by atoms with van der Waals surface area (Å²) in [5.74, 6) is 6.48. The first-order valence-electron chi connectivity index (χ1n) is 5.07. The monoisotopic (exact) mass is 240 g/mol. The van der Waals surface area contributed by atoms with Gasteiger partial charge in [-0.05, 0) is 23.8 Å². The fraction of sp³-hybridized carbons (Fsp3) is 0.364. The summed E-state index contributed by atoms with van der Waals surface area (Å²) < 4.78 is 0. The molecule has 0 saturated carbocycles. The van der Waals surface area contributed by atoms with Gasteiger partial charge in [-0.2, -0.15) is 11.8 Å². The molecule has 0 aliphatic heterocycles. The average Bonchev–Trinajstić information content (AvgIpc) is 2.34. The van der Waals surface area contributed by atoms with Crippen LogP contribution < -0.4 is 11.3 Å². The van der Waals surface area contributed by atoms with Gasteiger partial charge in [0.25, 0.3) is 5.91 Å². The SMILES string of the molecule is NNC(=O)c1ccccc1CSCCCO. The Balaban J connectivity index is 2.60. The molecule has 0 spiro atoms. The Morgan fingerprint density at radius 3 is 2.88 bits per heavy atom. The average molecular weight is 240 g/mol. The molecule has 1 rings (SSSR count). The van der Waals surface area contributed by atoms with Gasteiger partial charge in [0.2, 0.25) is 0 Å². The van der Waals surface area contributed by atoms with Crippen molar-refractivity contribution in [2.45, 2.75) is 12.2 Å². The summed E-state index contributed by atoms with van der Waals surface area (Å²) in [4.78, 5) is 11.4. The van der Waals surface area contributed by atoms with Crippen LogP contribution in [0.25, 0.3) is 0 Å². The number of benzene rings is 1. The number of amides is 1. The summed E-state index contributed by atoms with van der Waals surface area (Å²) in [6, 6.07) is 7.38. The van der Waals surface area contributed by atoms with Crippen LogP contribution >= 0.6 is 11.8 Å². The van der Waals surface area contributed by atoms with Gasteiger partial charge in [-0.1, -0.05) is 18.2 Å². The standard InChI is InChI=1S/C11H16N2O2S/c12-13-11(15)10-5-2-1-4-9(10)8-16-7-3-6-14/h1-2,4-5,14H,3,6-8,12H2,(H,13,15). The van der Waals surface area contributed by atoms with Crippen LogP contribution in [0.3, 0.4) is 0 Å². The van der Waals surface area contributed by atoms with Crippen molar-refractivity contribution in [3.05, 3.63) is 35.4 Å². The molecule has 5 heteroatoms. The molecule has 88 valence electrons. The number of nitrogen functional groups attached to an aromatic ring is 1. The van der Waals surface area contributed by atoms with E-state index >= 15 is 0 Å². The predicted molar refractivity (Wildman–Crippen MR) is 66.0 cm³/mol. The predicted octanol–water partition coefficient (Wildman–Crippen LogP) is 0.906. The van der Waals surface area contributed by atoms with Gasteiger partial charge in [0.1, 0.15) is 0 Å². The maximum atomic E-state index is 11.4. The van der Waals surface area contributed by atoms with Crippen molar-refractivity contribution in [3.8, 4) is 0 Å². The Labute approximate surface area is 99.2 Å². The van der Waals surface area contributed by atoms with Gasteiger partial charge in [-0.3, -0.25) is 10.2 Å². The quantitative estimate of drug-likeness (QED) is 0.299. The van der Waals surface area contributed by atoms with E-state index in [0.717, 1.165) is 23.5 Å². The highest BCUT2D eigenvalue weighted by molar-refractivity contribution is 7.98. The van der Waals surface area contributed by atoms with Gasteiger partial charge >= 0.3 is 0 Å². The molecule has 0 aliphatic rings. The number of nitrogens with two attached hydrogens (primary N) is 1. The summed E-state index contributed by atoms with van der Waals surface area (Å²) in [6.07, 6.45) is 0.774. The Morgan fingerprint density at radius 2 is 2.19 bits per heavy atom. The van der Waals surface area contributed by atoms with Crippen LogP contribution in [0.5, 0.6) is 0 Å². The van der Waals surface area contributed by atoms with Crippen molar-refractivity contribution in [1.29, 1.82) is 0 Å². The van der Waals surface area contributed by atoms with Gasteiger partial charge in [0, 0.05) is 17.9 Å². The van der Waals surface area contributed by atoms with E-state index in [-0.39, 0.29) is 12.5 Å². The van der Waals surface area contributed by atoms with E-state index in [0.29, 0.717) is 5.56 Å². The Hall–Kier alpha value is -1.04. The molecule has 0 radical (unpaired) electrons. The summed E-state index contributed by atoms with van der Waals surface area (Å²) in [5, 5.41) is 8.65. The number of nitrogens with one attached hydrogen (secondary N) is 1. The van der Waals surface area contributed by atoms with Crippen LogP contribution in [-0.4, -0.2) is 23.4 Å². The Kier molecular flexibility index (Phi) is 5.92. The fourth-order valence-corrected chi connectivity index (χ4v) is 2.24. The zero-order valence-electron chi connectivity index (χ0n) is 8.98.